The van der Waals surface area contributed by atoms with Crippen molar-refractivity contribution < 1.29 is 18.0 Å². The standard InChI is InChI=1S/C27H31F3N4O/c1-5-22-24-23(26(35)32(4)17-33(24)15-18(2)3)25(31-21-9-7-6-8-10-21)34(22)16-19-11-13-20(14-12-19)27(28,29)30/h6-14,18,31H,5,15-17H2,1-4H3. The van der Waals surface area contributed by atoms with E-state index in [4.69, 9.17) is 0 Å². The Labute approximate surface area is 204 Å². The molecule has 0 spiro atoms. The number of fused-ring (bicyclic) bond motifs is 1. The minimum absolute atomic E-state index is 0.0701. The molecule has 3 aromatic rings. The van der Waals surface area contributed by atoms with Crippen LogP contribution in [0.15, 0.2) is 54.6 Å². The van der Waals surface area contributed by atoms with Gasteiger partial charge >= 0.3 is 6.18 Å². The van der Waals surface area contributed by atoms with Crippen LogP contribution in [0.25, 0.3) is 0 Å². The fourth-order valence-electron chi connectivity index (χ4n) is 4.67. The van der Waals surface area contributed by atoms with Crippen LogP contribution >= 0.6 is 0 Å². The number of nitrogens with zero attached hydrogens (tertiary/aromatic N) is 3. The van der Waals surface area contributed by atoms with Crippen LogP contribution in [0.1, 0.15) is 48.0 Å². The molecule has 4 rings (SSSR count). The first-order chi connectivity index (χ1) is 16.6. The summed E-state index contributed by atoms with van der Waals surface area (Å²) in [5.74, 6) is 0.977. The van der Waals surface area contributed by atoms with E-state index in [1.807, 2.05) is 41.8 Å². The van der Waals surface area contributed by atoms with Gasteiger partial charge in [0, 0.05) is 31.5 Å². The third-order valence-corrected chi connectivity index (χ3v) is 6.18. The lowest BCUT2D eigenvalue weighted by atomic mass is 10.1. The zero-order chi connectivity index (χ0) is 25.3. The number of alkyl halides is 3. The zero-order valence-corrected chi connectivity index (χ0v) is 20.5. The van der Waals surface area contributed by atoms with Gasteiger partial charge in [-0.2, -0.15) is 13.2 Å². The van der Waals surface area contributed by atoms with E-state index in [2.05, 4.69) is 24.1 Å². The van der Waals surface area contributed by atoms with Crippen molar-refractivity contribution in [3.63, 3.8) is 0 Å². The number of aromatic nitrogens is 1. The molecule has 0 radical (unpaired) electrons. The summed E-state index contributed by atoms with van der Waals surface area (Å²) in [4.78, 5) is 17.4. The molecule has 0 bridgehead atoms. The number of carbonyl (C=O) groups excluding carboxylic acids is 1. The van der Waals surface area contributed by atoms with Crippen LogP contribution in [0.4, 0.5) is 30.4 Å². The fraction of sp³-hybridized carbons (Fsp3) is 0.370. The van der Waals surface area contributed by atoms with E-state index >= 15 is 0 Å². The quantitative estimate of drug-likeness (QED) is 0.424. The molecule has 35 heavy (non-hydrogen) atoms. The van der Waals surface area contributed by atoms with Crippen molar-refractivity contribution in [2.75, 3.05) is 30.5 Å². The maximum absolute atomic E-state index is 13.5. The first-order valence-electron chi connectivity index (χ1n) is 11.8. The van der Waals surface area contributed by atoms with E-state index in [9.17, 15) is 18.0 Å². The second kappa shape index (κ2) is 9.68. The molecule has 1 N–H and O–H groups in total. The van der Waals surface area contributed by atoms with Gasteiger partial charge in [-0.3, -0.25) is 4.79 Å². The van der Waals surface area contributed by atoms with E-state index in [1.165, 1.54) is 12.1 Å². The molecule has 1 aliphatic rings. The Hall–Kier alpha value is -3.42. The van der Waals surface area contributed by atoms with Crippen LogP contribution in [0.5, 0.6) is 0 Å². The number of rotatable bonds is 7. The molecule has 0 atom stereocenters. The maximum atomic E-state index is 13.5. The monoisotopic (exact) mass is 484 g/mol. The van der Waals surface area contributed by atoms with E-state index in [0.29, 0.717) is 36.9 Å². The lowest BCUT2D eigenvalue weighted by Gasteiger charge is -2.36. The summed E-state index contributed by atoms with van der Waals surface area (Å²) >= 11 is 0. The smallest absolute Gasteiger partial charge is 0.351 e. The molecule has 1 aliphatic heterocycles. The number of para-hydroxylation sites is 1. The second-order valence-corrected chi connectivity index (χ2v) is 9.41. The first-order valence-corrected chi connectivity index (χ1v) is 11.8. The van der Waals surface area contributed by atoms with Crippen LogP contribution in [-0.4, -0.2) is 35.6 Å². The van der Waals surface area contributed by atoms with E-state index < -0.39 is 11.7 Å². The van der Waals surface area contributed by atoms with Crippen molar-refractivity contribution in [1.82, 2.24) is 9.47 Å². The summed E-state index contributed by atoms with van der Waals surface area (Å²) in [6.45, 7) is 7.95. The summed E-state index contributed by atoms with van der Waals surface area (Å²) in [6, 6.07) is 14.8. The molecule has 0 saturated heterocycles. The van der Waals surface area contributed by atoms with Crippen LogP contribution < -0.4 is 10.2 Å². The lowest BCUT2D eigenvalue weighted by molar-refractivity contribution is -0.137. The first kappa shape index (κ1) is 24.7. The summed E-state index contributed by atoms with van der Waals surface area (Å²) in [6.07, 6.45) is -3.71. The highest BCUT2D eigenvalue weighted by molar-refractivity contribution is 6.07. The lowest BCUT2D eigenvalue weighted by Crippen LogP contribution is -2.46. The molecule has 0 fully saturated rings. The van der Waals surface area contributed by atoms with Gasteiger partial charge in [0.05, 0.1) is 17.9 Å². The van der Waals surface area contributed by atoms with Crippen LogP contribution in [-0.2, 0) is 19.1 Å². The van der Waals surface area contributed by atoms with Crippen LogP contribution in [0.3, 0.4) is 0 Å². The predicted molar refractivity (Wildman–Crippen MR) is 133 cm³/mol. The average molecular weight is 485 g/mol. The van der Waals surface area contributed by atoms with Crippen molar-refractivity contribution in [2.45, 2.75) is 39.9 Å². The van der Waals surface area contributed by atoms with Crippen LogP contribution in [0, 0.1) is 5.92 Å². The predicted octanol–water partition coefficient (Wildman–Crippen LogP) is 6.37. The SMILES string of the molecule is CCc1c2c(c(Nc3ccccc3)n1Cc1ccc(C(F)(F)F)cc1)C(=O)N(C)CN2CC(C)C. The maximum Gasteiger partial charge on any atom is 0.416 e. The van der Waals surface area contributed by atoms with Crippen LogP contribution in [0.2, 0.25) is 0 Å². The summed E-state index contributed by atoms with van der Waals surface area (Å²) in [5, 5.41) is 3.44. The summed E-state index contributed by atoms with van der Waals surface area (Å²) in [5.41, 5.74) is 3.39. The van der Waals surface area contributed by atoms with Gasteiger partial charge in [0.15, 0.2) is 0 Å². The van der Waals surface area contributed by atoms with Crippen molar-refractivity contribution in [3.05, 3.63) is 77.0 Å². The summed E-state index contributed by atoms with van der Waals surface area (Å²) < 4.78 is 41.3. The Bertz CT molecular complexity index is 1180. The molecule has 1 aromatic heterocycles. The molecule has 1 amide bonds. The fourth-order valence-corrected chi connectivity index (χ4v) is 4.67. The molecule has 0 unspecified atom stereocenters. The van der Waals surface area contributed by atoms with E-state index in [1.54, 1.807) is 11.9 Å². The highest BCUT2D eigenvalue weighted by atomic mass is 19.4. The summed E-state index contributed by atoms with van der Waals surface area (Å²) in [7, 11) is 1.80. The van der Waals surface area contributed by atoms with Gasteiger partial charge in [-0.15, -0.1) is 0 Å². The Morgan fingerprint density at radius 1 is 1.03 bits per heavy atom. The highest BCUT2D eigenvalue weighted by Crippen LogP contribution is 2.41. The van der Waals surface area contributed by atoms with Gasteiger partial charge < -0.3 is 19.7 Å². The number of hydrogen-bond acceptors (Lipinski definition) is 3. The van der Waals surface area contributed by atoms with E-state index in [0.717, 1.165) is 41.3 Å². The molecular weight excluding hydrogens is 453 g/mol. The number of carbonyl (C=O) groups is 1. The number of hydrogen-bond donors (Lipinski definition) is 1. The number of halogens is 3. The third-order valence-electron chi connectivity index (χ3n) is 6.18. The van der Waals surface area contributed by atoms with Gasteiger partial charge in [0.1, 0.15) is 11.4 Å². The van der Waals surface area contributed by atoms with Gasteiger partial charge in [-0.25, -0.2) is 0 Å². The topological polar surface area (TPSA) is 40.5 Å². The Balaban J connectivity index is 1.87. The number of nitrogens with one attached hydrogen (secondary N) is 1. The minimum Gasteiger partial charge on any atom is -0.351 e. The van der Waals surface area contributed by atoms with Gasteiger partial charge in [-0.1, -0.05) is 51.1 Å². The Morgan fingerprint density at radius 3 is 2.26 bits per heavy atom. The molecule has 8 heteroatoms. The van der Waals surface area contributed by atoms with Gasteiger partial charge in [-0.05, 0) is 42.2 Å². The zero-order valence-electron chi connectivity index (χ0n) is 20.5. The molecule has 0 saturated carbocycles. The highest BCUT2D eigenvalue weighted by Gasteiger charge is 2.36. The minimum atomic E-state index is -4.38. The normalized spacial score (nSPS) is 14.0. The number of benzene rings is 2. The van der Waals surface area contributed by atoms with E-state index in [-0.39, 0.29) is 5.91 Å². The van der Waals surface area contributed by atoms with Crippen molar-refractivity contribution in [2.24, 2.45) is 5.92 Å². The molecule has 186 valence electrons. The van der Waals surface area contributed by atoms with Crippen molar-refractivity contribution in [3.8, 4) is 0 Å². The average Bonchev–Trinajstić information content (AvgIpc) is 3.10. The molecular formula is C27H31F3N4O. The van der Waals surface area contributed by atoms with Crippen molar-refractivity contribution in [1.29, 1.82) is 0 Å². The molecule has 2 aromatic carbocycles. The number of anilines is 3. The van der Waals surface area contributed by atoms with Gasteiger partial charge in [0.25, 0.3) is 5.91 Å². The molecule has 5 nitrogen and oxygen atoms in total. The largest absolute Gasteiger partial charge is 0.416 e. The van der Waals surface area contributed by atoms with Crippen molar-refractivity contribution >= 4 is 23.1 Å². The molecule has 2 heterocycles. The Morgan fingerprint density at radius 2 is 1.69 bits per heavy atom. The van der Waals surface area contributed by atoms with Gasteiger partial charge in [0.2, 0.25) is 0 Å². The Kier molecular flexibility index (Phi) is 6.83. The second-order valence-electron chi connectivity index (χ2n) is 9.41. The third kappa shape index (κ3) is 5.01. The number of amides is 1. The molecule has 0 aliphatic carbocycles.